The summed E-state index contributed by atoms with van der Waals surface area (Å²) < 4.78 is 5.09. The van der Waals surface area contributed by atoms with E-state index in [0.29, 0.717) is 16.5 Å². The highest BCUT2D eigenvalue weighted by Gasteiger charge is 2.16. The average Bonchev–Trinajstić information content (AvgIpc) is 2.58. The molecule has 0 bridgehead atoms. The van der Waals surface area contributed by atoms with E-state index in [4.69, 9.17) is 16.3 Å². The Labute approximate surface area is 164 Å². The summed E-state index contributed by atoms with van der Waals surface area (Å²) in [4.78, 5) is 25.3. The van der Waals surface area contributed by atoms with Crippen molar-refractivity contribution in [3.8, 4) is 5.75 Å². The molecule has 144 valence electrons. The summed E-state index contributed by atoms with van der Waals surface area (Å²) in [5.74, 6) is 0.208. The van der Waals surface area contributed by atoms with Crippen LogP contribution in [0.15, 0.2) is 36.4 Å². The Morgan fingerprint density at radius 2 is 1.63 bits per heavy atom. The van der Waals surface area contributed by atoms with Gasteiger partial charge >= 0.3 is 0 Å². The van der Waals surface area contributed by atoms with Gasteiger partial charge in [-0.3, -0.25) is 9.59 Å². The predicted molar refractivity (Wildman–Crippen MR) is 108 cm³/mol. The fourth-order valence-corrected chi connectivity index (χ4v) is 3.01. The number of para-hydroxylation sites is 1. The lowest BCUT2D eigenvalue weighted by molar-refractivity contribution is -0.862. The highest BCUT2D eigenvalue weighted by atomic mass is 35.5. The molecule has 0 aliphatic heterocycles. The van der Waals surface area contributed by atoms with Crippen LogP contribution in [0, 0.1) is 13.8 Å². The first-order chi connectivity index (χ1) is 12.8. The molecule has 0 fully saturated rings. The van der Waals surface area contributed by atoms with Crippen LogP contribution in [0.2, 0.25) is 5.02 Å². The van der Waals surface area contributed by atoms with Gasteiger partial charge < -0.3 is 20.3 Å². The van der Waals surface area contributed by atoms with Gasteiger partial charge in [0, 0.05) is 11.4 Å². The van der Waals surface area contributed by atoms with Crippen molar-refractivity contribution in [1.29, 1.82) is 0 Å². The second-order valence-corrected chi connectivity index (χ2v) is 6.93. The Morgan fingerprint density at radius 3 is 2.19 bits per heavy atom. The van der Waals surface area contributed by atoms with Crippen molar-refractivity contribution in [3.63, 3.8) is 0 Å². The predicted octanol–water partition coefficient (Wildman–Crippen LogP) is 2.06. The molecule has 1 atom stereocenters. The van der Waals surface area contributed by atoms with Gasteiger partial charge in [-0.15, -0.1) is 0 Å². The Kier molecular flexibility index (Phi) is 7.21. The average molecular weight is 391 g/mol. The fourth-order valence-electron chi connectivity index (χ4n) is 2.76. The van der Waals surface area contributed by atoms with Crippen LogP contribution in [0.4, 0.5) is 11.4 Å². The van der Waals surface area contributed by atoms with Gasteiger partial charge in [0.15, 0.2) is 13.1 Å². The van der Waals surface area contributed by atoms with Crippen molar-refractivity contribution in [2.75, 3.05) is 37.9 Å². The number of quaternary nitrogens is 1. The van der Waals surface area contributed by atoms with Crippen LogP contribution in [0.3, 0.4) is 0 Å². The third kappa shape index (κ3) is 5.98. The lowest BCUT2D eigenvalue weighted by atomic mass is 10.1. The topological polar surface area (TPSA) is 71.9 Å². The van der Waals surface area contributed by atoms with E-state index in [2.05, 4.69) is 10.6 Å². The molecule has 2 rings (SSSR count). The van der Waals surface area contributed by atoms with Crippen molar-refractivity contribution < 1.29 is 19.2 Å². The molecule has 0 saturated carbocycles. The molecule has 0 heterocycles. The monoisotopic (exact) mass is 390 g/mol. The fraction of sp³-hybridized carbons (Fsp3) is 0.300. The van der Waals surface area contributed by atoms with Crippen molar-refractivity contribution in [3.05, 3.63) is 52.5 Å². The van der Waals surface area contributed by atoms with Crippen LogP contribution in [0.5, 0.6) is 5.75 Å². The first-order valence-electron chi connectivity index (χ1n) is 8.61. The Balaban J connectivity index is 1.87. The van der Waals surface area contributed by atoms with E-state index in [1.54, 1.807) is 25.2 Å². The third-order valence-corrected chi connectivity index (χ3v) is 4.40. The minimum atomic E-state index is -0.200. The van der Waals surface area contributed by atoms with Crippen molar-refractivity contribution in [2.45, 2.75) is 13.8 Å². The van der Waals surface area contributed by atoms with Gasteiger partial charge in [0.05, 0.1) is 19.2 Å². The zero-order chi connectivity index (χ0) is 20.0. The molecule has 0 spiro atoms. The van der Waals surface area contributed by atoms with Crippen LogP contribution >= 0.6 is 11.6 Å². The summed E-state index contributed by atoms with van der Waals surface area (Å²) >= 11 is 6.06. The first-order valence-corrected chi connectivity index (χ1v) is 8.98. The highest BCUT2D eigenvalue weighted by molar-refractivity contribution is 6.32. The van der Waals surface area contributed by atoms with Crippen LogP contribution < -0.4 is 20.3 Å². The number of carbonyl (C=O) groups is 2. The van der Waals surface area contributed by atoms with Gasteiger partial charge in [-0.25, -0.2) is 0 Å². The number of anilines is 2. The number of halogens is 1. The van der Waals surface area contributed by atoms with Crippen LogP contribution in [0.25, 0.3) is 0 Å². The lowest BCUT2D eigenvalue weighted by Gasteiger charge is -2.15. The van der Waals surface area contributed by atoms with Crippen molar-refractivity contribution >= 4 is 34.8 Å². The number of methoxy groups -OCH3 is 1. The molecule has 7 heteroatoms. The molecular weight excluding hydrogens is 366 g/mol. The maximum absolute atomic E-state index is 12.3. The van der Waals surface area contributed by atoms with Gasteiger partial charge in [0.2, 0.25) is 0 Å². The number of rotatable bonds is 7. The standard InChI is InChI=1S/C20H24ClN3O3/c1-13-6-5-7-14(2)20(13)23-19(26)12-24(3)11-18(25)22-15-8-9-17(27-4)16(21)10-15/h5-10H,11-12H2,1-4H3,(H,22,25)(H,23,26)/p+1. The molecular formula is C20H25ClN3O3+. The first kappa shape index (κ1) is 20.7. The number of nitrogens with one attached hydrogen (secondary N) is 3. The highest BCUT2D eigenvalue weighted by Crippen LogP contribution is 2.27. The summed E-state index contributed by atoms with van der Waals surface area (Å²) in [6.07, 6.45) is 0. The Bertz CT molecular complexity index is 819. The van der Waals surface area contributed by atoms with E-state index in [0.717, 1.165) is 21.7 Å². The molecule has 0 aliphatic rings. The number of aryl methyl sites for hydroxylation is 2. The maximum atomic E-state index is 12.3. The number of carbonyl (C=O) groups excluding carboxylic acids is 2. The normalized spacial score (nSPS) is 11.6. The molecule has 0 aliphatic carbocycles. The van der Waals surface area contributed by atoms with Gasteiger partial charge in [0.1, 0.15) is 5.75 Å². The summed E-state index contributed by atoms with van der Waals surface area (Å²) in [5, 5.41) is 6.12. The summed E-state index contributed by atoms with van der Waals surface area (Å²) in [7, 11) is 3.33. The number of ether oxygens (including phenoxy) is 1. The van der Waals surface area contributed by atoms with E-state index < -0.39 is 0 Å². The second kappa shape index (κ2) is 9.39. The lowest BCUT2D eigenvalue weighted by Crippen LogP contribution is -3.11. The number of hydrogen-bond acceptors (Lipinski definition) is 3. The summed E-state index contributed by atoms with van der Waals surface area (Å²) in [5.41, 5.74) is 3.43. The number of hydrogen-bond donors (Lipinski definition) is 3. The van der Waals surface area contributed by atoms with Gasteiger partial charge in [0.25, 0.3) is 11.8 Å². The van der Waals surface area contributed by atoms with Crippen LogP contribution in [0.1, 0.15) is 11.1 Å². The number of likely N-dealkylation sites (N-methyl/N-ethyl adjacent to an activating group) is 1. The second-order valence-electron chi connectivity index (χ2n) is 6.52. The van der Waals surface area contributed by atoms with Crippen LogP contribution in [-0.4, -0.2) is 39.1 Å². The maximum Gasteiger partial charge on any atom is 0.279 e. The zero-order valence-electron chi connectivity index (χ0n) is 16.0. The van der Waals surface area contributed by atoms with Gasteiger partial charge in [-0.05, 0) is 43.2 Å². The molecule has 2 amide bonds. The minimum absolute atomic E-state index is 0.134. The molecule has 0 aromatic heterocycles. The van der Waals surface area contributed by atoms with Gasteiger partial charge in [-0.1, -0.05) is 29.8 Å². The summed E-state index contributed by atoms with van der Waals surface area (Å²) in [6.45, 7) is 4.24. The number of amides is 2. The van der Waals surface area contributed by atoms with E-state index in [1.165, 1.54) is 7.11 Å². The molecule has 2 aromatic carbocycles. The largest absolute Gasteiger partial charge is 0.495 e. The SMILES string of the molecule is COc1ccc(NC(=O)C[NH+](C)CC(=O)Nc2c(C)cccc2C)cc1Cl. The molecule has 27 heavy (non-hydrogen) atoms. The van der Waals surface area contributed by atoms with E-state index in [-0.39, 0.29) is 24.9 Å². The molecule has 2 aromatic rings. The van der Waals surface area contributed by atoms with Crippen molar-refractivity contribution in [2.24, 2.45) is 0 Å². The van der Waals surface area contributed by atoms with E-state index >= 15 is 0 Å². The van der Waals surface area contributed by atoms with Crippen LogP contribution in [-0.2, 0) is 9.59 Å². The number of benzene rings is 2. The molecule has 6 nitrogen and oxygen atoms in total. The van der Waals surface area contributed by atoms with E-state index in [1.807, 2.05) is 32.0 Å². The molecule has 1 unspecified atom stereocenters. The smallest absolute Gasteiger partial charge is 0.279 e. The molecule has 0 saturated heterocycles. The Hall–Kier alpha value is -2.57. The zero-order valence-corrected chi connectivity index (χ0v) is 16.7. The molecule has 0 radical (unpaired) electrons. The van der Waals surface area contributed by atoms with E-state index in [9.17, 15) is 9.59 Å². The third-order valence-electron chi connectivity index (χ3n) is 4.11. The Morgan fingerprint density at radius 1 is 1.04 bits per heavy atom. The summed E-state index contributed by atoms with van der Waals surface area (Å²) in [6, 6.07) is 10.9. The van der Waals surface area contributed by atoms with Gasteiger partial charge in [-0.2, -0.15) is 0 Å². The molecule has 3 N–H and O–H groups in total. The quantitative estimate of drug-likeness (QED) is 0.677. The minimum Gasteiger partial charge on any atom is -0.495 e. The van der Waals surface area contributed by atoms with Crippen molar-refractivity contribution in [1.82, 2.24) is 0 Å².